The van der Waals surface area contributed by atoms with E-state index in [1.54, 1.807) is 11.0 Å². The number of carbonyl (C=O) groups excluding carboxylic acids is 2. The van der Waals surface area contributed by atoms with Crippen LogP contribution in [0.4, 0.5) is 5.69 Å². The van der Waals surface area contributed by atoms with E-state index in [1.807, 2.05) is 25.1 Å². The Morgan fingerprint density at radius 3 is 2.76 bits per heavy atom. The van der Waals surface area contributed by atoms with Crippen molar-refractivity contribution in [3.63, 3.8) is 0 Å². The van der Waals surface area contributed by atoms with E-state index in [0.717, 1.165) is 32.1 Å². The molecule has 25 heavy (non-hydrogen) atoms. The van der Waals surface area contributed by atoms with Crippen LogP contribution in [0.15, 0.2) is 24.3 Å². The van der Waals surface area contributed by atoms with Crippen molar-refractivity contribution in [2.24, 2.45) is 11.7 Å². The summed E-state index contributed by atoms with van der Waals surface area (Å²) in [6.07, 6.45) is 5.17. The van der Waals surface area contributed by atoms with Crippen molar-refractivity contribution in [3.05, 3.63) is 29.3 Å². The third-order valence-electron chi connectivity index (χ3n) is 5.47. The predicted octanol–water partition coefficient (Wildman–Crippen LogP) is 2.86. The van der Waals surface area contributed by atoms with Gasteiger partial charge in [-0.25, -0.2) is 0 Å². The van der Waals surface area contributed by atoms with Gasteiger partial charge in [0.05, 0.1) is 16.6 Å². The van der Waals surface area contributed by atoms with Gasteiger partial charge >= 0.3 is 0 Å². The molecule has 1 aromatic rings. The highest BCUT2D eigenvalue weighted by atomic mass is 35.5. The molecule has 2 aliphatic rings. The summed E-state index contributed by atoms with van der Waals surface area (Å²) in [6.45, 7) is 2.56. The number of anilines is 1. The van der Waals surface area contributed by atoms with Gasteiger partial charge in [-0.2, -0.15) is 0 Å². The van der Waals surface area contributed by atoms with Gasteiger partial charge in [-0.1, -0.05) is 36.6 Å². The van der Waals surface area contributed by atoms with Crippen LogP contribution in [0.25, 0.3) is 0 Å². The average Bonchev–Trinajstić information content (AvgIpc) is 2.57. The standard InChI is InChI=1S/C19H26ClN3O2/c1-19(21)11-5-4-7-13(19)17(24)22-15-9-6-12-23(18(15)25)16-10-3-2-8-14(16)20/h2-3,8,10,13,15H,4-7,9,11-12,21H2,1H3,(H,22,24). The first-order valence-electron chi connectivity index (χ1n) is 9.05. The first-order valence-corrected chi connectivity index (χ1v) is 9.43. The summed E-state index contributed by atoms with van der Waals surface area (Å²) in [5, 5.41) is 3.51. The maximum atomic E-state index is 12.9. The Bertz CT molecular complexity index is 662. The number of carbonyl (C=O) groups is 2. The molecule has 0 radical (unpaired) electrons. The van der Waals surface area contributed by atoms with E-state index in [9.17, 15) is 9.59 Å². The number of amides is 2. The highest BCUT2D eigenvalue weighted by Gasteiger charge is 2.40. The fourth-order valence-electron chi connectivity index (χ4n) is 3.98. The van der Waals surface area contributed by atoms with Crippen LogP contribution < -0.4 is 16.0 Å². The van der Waals surface area contributed by atoms with Gasteiger partial charge in [-0.3, -0.25) is 9.59 Å². The maximum absolute atomic E-state index is 12.9. The van der Waals surface area contributed by atoms with Crippen molar-refractivity contribution in [2.75, 3.05) is 11.4 Å². The molecule has 3 atom stereocenters. The summed E-state index contributed by atoms with van der Waals surface area (Å²) < 4.78 is 0. The van der Waals surface area contributed by atoms with Gasteiger partial charge in [-0.05, 0) is 44.7 Å². The van der Waals surface area contributed by atoms with Crippen LogP contribution >= 0.6 is 11.6 Å². The van der Waals surface area contributed by atoms with Crippen LogP contribution in [0, 0.1) is 5.92 Å². The Hall–Kier alpha value is -1.59. The molecular weight excluding hydrogens is 338 g/mol. The molecule has 0 spiro atoms. The number of benzene rings is 1. The lowest BCUT2D eigenvalue weighted by Gasteiger charge is -2.39. The Kier molecular flexibility index (Phi) is 5.35. The summed E-state index contributed by atoms with van der Waals surface area (Å²) in [4.78, 5) is 27.3. The van der Waals surface area contributed by atoms with E-state index in [2.05, 4.69) is 5.32 Å². The van der Waals surface area contributed by atoms with Crippen molar-refractivity contribution >= 4 is 29.1 Å². The summed E-state index contributed by atoms with van der Waals surface area (Å²) in [6, 6.07) is 6.80. The Labute approximate surface area is 153 Å². The number of piperidine rings is 1. The fourth-order valence-corrected chi connectivity index (χ4v) is 4.22. The molecule has 1 aliphatic carbocycles. The number of hydrogen-bond donors (Lipinski definition) is 2. The minimum Gasteiger partial charge on any atom is -0.344 e. The summed E-state index contributed by atoms with van der Waals surface area (Å²) in [5.41, 5.74) is 6.53. The molecule has 1 aromatic carbocycles. The average molecular weight is 364 g/mol. The normalized spacial score (nSPS) is 30.2. The van der Waals surface area contributed by atoms with Gasteiger partial charge in [0, 0.05) is 12.1 Å². The van der Waals surface area contributed by atoms with Crippen LogP contribution in [0.2, 0.25) is 5.02 Å². The number of nitrogens with one attached hydrogen (secondary N) is 1. The SMILES string of the molecule is CC1(N)CCCCC1C(=O)NC1CCCN(c2ccccc2Cl)C1=O. The van der Waals surface area contributed by atoms with E-state index in [-0.39, 0.29) is 17.7 Å². The zero-order valence-electron chi connectivity index (χ0n) is 14.6. The van der Waals surface area contributed by atoms with Crippen molar-refractivity contribution in [1.29, 1.82) is 0 Å². The molecule has 0 bridgehead atoms. The van der Waals surface area contributed by atoms with Crippen molar-refractivity contribution in [2.45, 2.75) is 57.0 Å². The van der Waals surface area contributed by atoms with Crippen molar-refractivity contribution in [3.8, 4) is 0 Å². The minimum atomic E-state index is -0.504. The van der Waals surface area contributed by atoms with E-state index in [0.29, 0.717) is 23.7 Å². The Balaban J connectivity index is 1.71. The number of para-hydroxylation sites is 1. The maximum Gasteiger partial charge on any atom is 0.249 e. The van der Waals surface area contributed by atoms with Crippen LogP contribution in [0.3, 0.4) is 0 Å². The van der Waals surface area contributed by atoms with Crippen LogP contribution in [0.1, 0.15) is 45.4 Å². The quantitative estimate of drug-likeness (QED) is 0.867. The molecule has 1 saturated heterocycles. The van der Waals surface area contributed by atoms with Gasteiger partial charge in [0.1, 0.15) is 6.04 Å². The van der Waals surface area contributed by atoms with Crippen LogP contribution in [-0.4, -0.2) is 29.9 Å². The number of nitrogens with zero attached hydrogens (tertiary/aromatic N) is 1. The molecule has 3 unspecified atom stereocenters. The second kappa shape index (κ2) is 7.34. The molecule has 3 N–H and O–H groups in total. The summed E-state index contributed by atoms with van der Waals surface area (Å²) in [7, 11) is 0. The second-order valence-corrected chi connectivity index (χ2v) is 7.86. The minimum absolute atomic E-state index is 0.0935. The predicted molar refractivity (Wildman–Crippen MR) is 99.5 cm³/mol. The lowest BCUT2D eigenvalue weighted by molar-refractivity contribution is -0.133. The molecule has 1 saturated carbocycles. The molecular formula is C19H26ClN3O2. The van der Waals surface area contributed by atoms with Crippen molar-refractivity contribution in [1.82, 2.24) is 5.32 Å². The summed E-state index contributed by atoms with van der Waals surface area (Å²) >= 11 is 6.24. The first-order chi connectivity index (χ1) is 11.9. The first kappa shape index (κ1) is 18.2. The van der Waals surface area contributed by atoms with Gasteiger partial charge in [0.25, 0.3) is 0 Å². The zero-order valence-corrected chi connectivity index (χ0v) is 15.4. The van der Waals surface area contributed by atoms with E-state index >= 15 is 0 Å². The number of nitrogens with two attached hydrogens (primary N) is 1. The third kappa shape index (κ3) is 3.82. The largest absolute Gasteiger partial charge is 0.344 e. The van der Waals surface area contributed by atoms with Gasteiger partial charge in [0.15, 0.2) is 0 Å². The van der Waals surface area contributed by atoms with Gasteiger partial charge in [0.2, 0.25) is 11.8 Å². The number of rotatable bonds is 3. The van der Waals surface area contributed by atoms with Gasteiger partial charge in [-0.15, -0.1) is 0 Å². The second-order valence-electron chi connectivity index (χ2n) is 7.45. The highest BCUT2D eigenvalue weighted by molar-refractivity contribution is 6.33. The molecule has 2 amide bonds. The molecule has 5 nitrogen and oxygen atoms in total. The topological polar surface area (TPSA) is 75.4 Å². The molecule has 2 fully saturated rings. The molecule has 1 aliphatic heterocycles. The lowest BCUT2D eigenvalue weighted by Crippen LogP contribution is -2.58. The number of hydrogen-bond acceptors (Lipinski definition) is 3. The molecule has 3 rings (SSSR count). The molecule has 0 aromatic heterocycles. The lowest BCUT2D eigenvalue weighted by atomic mass is 9.74. The van der Waals surface area contributed by atoms with Gasteiger partial charge < -0.3 is 16.0 Å². The van der Waals surface area contributed by atoms with Crippen LogP contribution in [-0.2, 0) is 9.59 Å². The molecule has 1 heterocycles. The zero-order chi connectivity index (χ0) is 18.0. The molecule has 6 heteroatoms. The fraction of sp³-hybridized carbons (Fsp3) is 0.579. The monoisotopic (exact) mass is 363 g/mol. The van der Waals surface area contributed by atoms with E-state index in [1.165, 1.54) is 0 Å². The summed E-state index contributed by atoms with van der Waals surface area (Å²) in [5.74, 6) is -0.420. The highest BCUT2D eigenvalue weighted by Crippen LogP contribution is 2.32. The van der Waals surface area contributed by atoms with E-state index in [4.69, 9.17) is 17.3 Å². The molecule has 136 valence electrons. The Morgan fingerprint density at radius 1 is 1.28 bits per heavy atom. The van der Waals surface area contributed by atoms with Crippen LogP contribution in [0.5, 0.6) is 0 Å². The van der Waals surface area contributed by atoms with Crippen molar-refractivity contribution < 1.29 is 9.59 Å². The van der Waals surface area contributed by atoms with E-state index < -0.39 is 11.6 Å². The smallest absolute Gasteiger partial charge is 0.249 e. The Morgan fingerprint density at radius 2 is 2.04 bits per heavy atom. The number of halogens is 1. The third-order valence-corrected chi connectivity index (χ3v) is 5.79.